The Kier molecular flexibility index (Phi) is 4.39. The van der Waals surface area contributed by atoms with Crippen molar-refractivity contribution >= 4 is 40.8 Å². The maximum atomic E-state index is 12.9. The predicted octanol–water partition coefficient (Wildman–Crippen LogP) is 4.40. The van der Waals surface area contributed by atoms with Crippen molar-refractivity contribution in [1.82, 2.24) is 0 Å². The third kappa shape index (κ3) is 3.30. The lowest BCUT2D eigenvalue weighted by molar-refractivity contribution is -0.132. The summed E-state index contributed by atoms with van der Waals surface area (Å²) in [6, 6.07) is 9.45. The van der Waals surface area contributed by atoms with Crippen molar-refractivity contribution in [2.24, 2.45) is 0 Å². The summed E-state index contributed by atoms with van der Waals surface area (Å²) in [5.74, 6) is -0.919. The first-order valence-corrected chi connectivity index (χ1v) is 8.27. The topological polar surface area (TPSA) is 66.8 Å². The summed E-state index contributed by atoms with van der Waals surface area (Å²) in [4.78, 5) is 25.6. The average molecular weight is 380 g/mol. The summed E-state index contributed by atoms with van der Waals surface area (Å²) < 4.78 is 5.75. The van der Waals surface area contributed by atoms with Crippen LogP contribution in [-0.4, -0.2) is 22.6 Å². The van der Waals surface area contributed by atoms with Crippen molar-refractivity contribution in [3.63, 3.8) is 0 Å². The zero-order valence-electron chi connectivity index (χ0n) is 13.5. The summed E-state index contributed by atoms with van der Waals surface area (Å²) in [7, 11) is 0. The highest BCUT2D eigenvalue weighted by atomic mass is 35.5. The molecule has 0 aliphatic carbocycles. The lowest BCUT2D eigenvalue weighted by Gasteiger charge is -2.39. The average Bonchev–Trinajstić information content (AvgIpc) is 2.53. The number of anilines is 1. The zero-order chi connectivity index (χ0) is 18.4. The van der Waals surface area contributed by atoms with E-state index in [0.717, 1.165) is 0 Å². The van der Waals surface area contributed by atoms with Gasteiger partial charge in [-0.05, 0) is 49.7 Å². The van der Waals surface area contributed by atoms with Gasteiger partial charge in [0.05, 0.1) is 17.8 Å². The predicted molar refractivity (Wildman–Crippen MR) is 95.8 cm³/mol. The van der Waals surface area contributed by atoms with Gasteiger partial charge in [-0.2, -0.15) is 0 Å². The van der Waals surface area contributed by atoms with Crippen LogP contribution in [-0.2, 0) is 11.3 Å². The molecule has 1 heterocycles. The van der Waals surface area contributed by atoms with Crippen LogP contribution >= 0.6 is 23.2 Å². The van der Waals surface area contributed by atoms with Crippen LogP contribution in [0.15, 0.2) is 36.4 Å². The molecule has 0 fully saturated rings. The maximum Gasteiger partial charge on any atom is 0.335 e. The van der Waals surface area contributed by atoms with Gasteiger partial charge in [0.25, 0.3) is 5.91 Å². The Morgan fingerprint density at radius 1 is 1.20 bits per heavy atom. The minimum Gasteiger partial charge on any atom is -0.478 e. The number of amides is 1. The SMILES string of the molecule is CC1(C)Oc2ccc(C(=O)O)cc2N(Cc2ccc(Cl)cc2Cl)C1=O. The van der Waals surface area contributed by atoms with Crippen molar-refractivity contribution in [1.29, 1.82) is 0 Å². The fourth-order valence-electron chi connectivity index (χ4n) is 2.68. The Hall–Kier alpha value is -2.24. The first-order valence-electron chi connectivity index (χ1n) is 7.51. The molecule has 0 radical (unpaired) electrons. The summed E-state index contributed by atoms with van der Waals surface area (Å²) in [5.41, 5.74) is 0.0949. The van der Waals surface area contributed by atoms with E-state index >= 15 is 0 Å². The Morgan fingerprint density at radius 2 is 1.92 bits per heavy atom. The number of carbonyl (C=O) groups is 2. The van der Waals surface area contributed by atoms with Crippen molar-refractivity contribution in [3.8, 4) is 5.75 Å². The Balaban J connectivity index is 2.09. The Bertz CT molecular complexity index is 879. The van der Waals surface area contributed by atoms with Crippen LogP contribution in [0.3, 0.4) is 0 Å². The first-order chi connectivity index (χ1) is 11.7. The van der Waals surface area contributed by atoms with E-state index in [1.54, 1.807) is 38.1 Å². The summed E-state index contributed by atoms with van der Waals surface area (Å²) in [6.07, 6.45) is 0. The highest BCUT2D eigenvalue weighted by molar-refractivity contribution is 6.35. The molecule has 2 aromatic rings. The molecule has 1 amide bonds. The normalized spacial score (nSPS) is 15.5. The molecule has 5 nitrogen and oxygen atoms in total. The minimum absolute atomic E-state index is 0.0714. The van der Waals surface area contributed by atoms with Crippen LogP contribution in [0.4, 0.5) is 5.69 Å². The molecular formula is C18H15Cl2NO4. The van der Waals surface area contributed by atoms with Crippen LogP contribution in [0.25, 0.3) is 0 Å². The molecule has 3 rings (SSSR count). The molecule has 0 saturated carbocycles. The molecule has 0 saturated heterocycles. The van der Waals surface area contributed by atoms with Crippen LogP contribution < -0.4 is 9.64 Å². The monoisotopic (exact) mass is 379 g/mol. The van der Waals surface area contributed by atoms with Crippen LogP contribution in [0.1, 0.15) is 29.8 Å². The van der Waals surface area contributed by atoms with Gasteiger partial charge in [-0.1, -0.05) is 29.3 Å². The summed E-state index contributed by atoms with van der Waals surface area (Å²) in [5, 5.41) is 10.2. The van der Waals surface area contributed by atoms with E-state index in [2.05, 4.69) is 0 Å². The molecule has 0 aromatic heterocycles. The van der Waals surface area contributed by atoms with Gasteiger partial charge in [0, 0.05) is 10.0 Å². The molecule has 25 heavy (non-hydrogen) atoms. The Morgan fingerprint density at radius 3 is 2.56 bits per heavy atom. The molecule has 1 aliphatic heterocycles. The summed E-state index contributed by atoms with van der Waals surface area (Å²) >= 11 is 12.1. The molecule has 1 aliphatic rings. The number of carboxylic acids is 1. The molecule has 0 unspecified atom stereocenters. The molecule has 130 valence electrons. The highest BCUT2D eigenvalue weighted by Gasteiger charge is 2.41. The number of halogens is 2. The lowest BCUT2D eigenvalue weighted by Crippen LogP contribution is -2.52. The van der Waals surface area contributed by atoms with Gasteiger partial charge in [-0.15, -0.1) is 0 Å². The van der Waals surface area contributed by atoms with Crippen molar-refractivity contribution < 1.29 is 19.4 Å². The van der Waals surface area contributed by atoms with E-state index in [1.807, 2.05) is 0 Å². The standard InChI is InChI=1S/C18H15Cl2NO4/c1-18(2)17(24)21(9-11-3-5-12(19)8-13(11)20)14-7-10(16(22)23)4-6-15(14)25-18/h3-8H,9H2,1-2H3,(H,22,23). The van der Waals surface area contributed by atoms with Crippen LogP contribution in [0.5, 0.6) is 5.75 Å². The molecule has 1 N–H and O–H groups in total. The van der Waals surface area contributed by atoms with Crippen molar-refractivity contribution in [2.75, 3.05) is 4.90 Å². The quantitative estimate of drug-likeness (QED) is 0.858. The van der Waals surface area contributed by atoms with Gasteiger partial charge in [-0.25, -0.2) is 4.79 Å². The fourth-order valence-corrected chi connectivity index (χ4v) is 3.15. The molecule has 0 spiro atoms. The second-order valence-electron chi connectivity index (χ2n) is 6.23. The van der Waals surface area contributed by atoms with E-state index in [1.165, 1.54) is 17.0 Å². The van der Waals surface area contributed by atoms with Gasteiger partial charge in [-0.3, -0.25) is 4.79 Å². The third-order valence-corrected chi connectivity index (χ3v) is 4.55. The second-order valence-corrected chi connectivity index (χ2v) is 7.07. The van der Waals surface area contributed by atoms with Gasteiger partial charge in [0.2, 0.25) is 0 Å². The number of rotatable bonds is 3. The van der Waals surface area contributed by atoms with Crippen LogP contribution in [0.2, 0.25) is 10.0 Å². The molecular weight excluding hydrogens is 365 g/mol. The summed E-state index contributed by atoms with van der Waals surface area (Å²) in [6.45, 7) is 3.51. The number of carboxylic acid groups (broad SMARTS) is 1. The smallest absolute Gasteiger partial charge is 0.335 e. The molecule has 7 heteroatoms. The number of hydrogen-bond donors (Lipinski definition) is 1. The van der Waals surface area contributed by atoms with E-state index in [4.69, 9.17) is 27.9 Å². The van der Waals surface area contributed by atoms with Gasteiger partial charge in [0.15, 0.2) is 5.60 Å². The van der Waals surface area contributed by atoms with E-state index in [0.29, 0.717) is 27.0 Å². The maximum absolute atomic E-state index is 12.9. The van der Waals surface area contributed by atoms with E-state index in [-0.39, 0.29) is 18.0 Å². The number of hydrogen-bond acceptors (Lipinski definition) is 3. The highest BCUT2D eigenvalue weighted by Crippen LogP contribution is 2.40. The largest absolute Gasteiger partial charge is 0.478 e. The first kappa shape index (κ1) is 17.6. The van der Waals surface area contributed by atoms with Crippen molar-refractivity contribution in [2.45, 2.75) is 26.0 Å². The minimum atomic E-state index is -1.08. The number of aromatic carboxylic acids is 1. The number of nitrogens with zero attached hydrogens (tertiary/aromatic N) is 1. The lowest BCUT2D eigenvalue weighted by atomic mass is 10.0. The number of ether oxygens (including phenoxy) is 1. The van der Waals surface area contributed by atoms with Gasteiger partial charge < -0.3 is 14.7 Å². The second kappa shape index (κ2) is 6.24. The van der Waals surface area contributed by atoms with E-state index in [9.17, 15) is 14.7 Å². The third-order valence-electron chi connectivity index (χ3n) is 3.97. The zero-order valence-corrected chi connectivity index (χ0v) is 15.1. The van der Waals surface area contributed by atoms with E-state index < -0.39 is 11.6 Å². The molecule has 2 aromatic carbocycles. The number of benzene rings is 2. The Labute approximate surface area is 154 Å². The molecule has 0 bridgehead atoms. The van der Waals surface area contributed by atoms with Gasteiger partial charge in [0.1, 0.15) is 5.75 Å². The fraction of sp³-hybridized carbons (Fsp3) is 0.222. The molecule has 0 atom stereocenters. The number of fused-ring (bicyclic) bond motifs is 1. The van der Waals surface area contributed by atoms with Crippen LogP contribution in [0, 0.1) is 0 Å². The number of carbonyl (C=O) groups excluding carboxylic acids is 1. The van der Waals surface area contributed by atoms with Crippen molar-refractivity contribution in [3.05, 3.63) is 57.6 Å². The van der Waals surface area contributed by atoms with Gasteiger partial charge >= 0.3 is 5.97 Å².